The first kappa shape index (κ1) is 18.1. The van der Waals surface area contributed by atoms with Gasteiger partial charge < -0.3 is 10.8 Å². The van der Waals surface area contributed by atoms with Crippen molar-refractivity contribution in [2.24, 2.45) is 5.73 Å². The number of nitrogens with two attached hydrogens (primary N) is 1. The molecule has 0 fully saturated rings. The van der Waals surface area contributed by atoms with Crippen LogP contribution >= 0.6 is 24.0 Å². The lowest BCUT2D eigenvalue weighted by atomic mass is 9.98. The molecule has 0 aromatic heterocycles. The smallest absolute Gasteiger partial charge is 0.288 e. The Morgan fingerprint density at radius 2 is 2.16 bits per heavy atom. The molecule has 1 aromatic carbocycles. The number of nitro benzene ring substituents is 1. The van der Waals surface area contributed by atoms with E-state index in [1.807, 2.05) is 6.92 Å². The quantitative estimate of drug-likeness (QED) is 0.623. The number of hydrogen-bond donors (Lipinski definition) is 2. The monoisotopic (exact) mass is 308 g/mol. The first-order valence-electron chi connectivity index (χ1n) is 5.84. The number of nitro groups is 1. The SMILES string of the molecule is CCCC[C@H](O)[C@H](N)c1ccc(Cl)c([N+](=O)[O-])c1.Cl. The minimum Gasteiger partial charge on any atom is -0.391 e. The molecule has 0 bridgehead atoms. The number of unbranched alkanes of at least 4 members (excludes halogenated alkanes) is 1. The molecule has 19 heavy (non-hydrogen) atoms. The van der Waals surface area contributed by atoms with Gasteiger partial charge in [0.2, 0.25) is 0 Å². The highest BCUT2D eigenvalue weighted by atomic mass is 35.5. The number of aliphatic hydroxyl groups is 1. The Kier molecular flexibility index (Phi) is 7.94. The van der Waals surface area contributed by atoms with Crippen molar-refractivity contribution in [2.45, 2.75) is 38.3 Å². The third kappa shape index (κ3) is 4.95. The first-order chi connectivity index (χ1) is 8.47. The minimum absolute atomic E-state index is 0. The molecule has 0 spiro atoms. The Balaban J connectivity index is 0.00000324. The van der Waals surface area contributed by atoms with Crippen molar-refractivity contribution >= 4 is 29.7 Å². The molecule has 0 unspecified atom stereocenters. The van der Waals surface area contributed by atoms with Crippen molar-refractivity contribution in [1.82, 2.24) is 0 Å². The van der Waals surface area contributed by atoms with Gasteiger partial charge >= 0.3 is 0 Å². The van der Waals surface area contributed by atoms with Gasteiger partial charge in [0.05, 0.1) is 17.1 Å². The molecule has 0 aliphatic carbocycles. The van der Waals surface area contributed by atoms with Crippen LogP contribution in [0, 0.1) is 10.1 Å². The summed E-state index contributed by atoms with van der Waals surface area (Å²) in [6.45, 7) is 2.02. The van der Waals surface area contributed by atoms with E-state index in [9.17, 15) is 15.2 Å². The molecule has 108 valence electrons. The van der Waals surface area contributed by atoms with Gasteiger partial charge in [0.25, 0.3) is 5.69 Å². The Morgan fingerprint density at radius 1 is 1.53 bits per heavy atom. The molecule has 0 heterocycles. The molecular formula is C12H18Cl2N2O3. The van der Waals surface area contributed by atoms with Gasteiger partial charge in [0.1, 0.15) is 5.02 Å². The van der Waals surface area contributed by atoms with E-state index < -0.39 is 17.1 Å². The zero-order valence-electron chi connectivity index (χ0n) is 10.6. The number of nitrogens with zero attached hydrogens (tertiary/aromatic N) is 1. The van der Waals surface area contributed by atoms with Crippen molar-refractivity contribution in [1.29, 1.82) is 0 Å². The molecule has 1 rings (SSSR count). The van der Waals surface area contributed by atoms with Gasteiger partial charge in [0, 0.05) is 6.07 Å². The summed E-state index contributed by atoms with van der Waals surface area (Å²) >= 11 is 5.71. The molecule has 0 aliphatic rings. The lowest BCUT2D eigenvalue weighted by Gasteiger charge is -2.18. The van der Waals surface area contributed by atoms with E-state index in [2.05, 4.69) is 0 Å². The Bertz CT molecular complexity index is 429. The zero-order chi connectivity index (χ0) is 13.7. The molecule has 0 aliphatic heterocycles. The fourth-order valence-electron chi connectivity index (χ4n) is 1.69. The van der Waals surface area contributed by atoms with Crippen LogP contribution < -0.4 is 5.73 Å². The highest BCUT2D eigenvalue weighted by Crippen LogP contribution is 2.28. The largest absolute Gasteiger partial charge is 0.391 e. The summed E-state index contributed by atoms with van der Waals surface area (Å²) in [6.07, 6.45) is 1.70. The van der Waals surface area contributed by atoms with Crippen molar-refractivity contribution in [3.63, 3.8) is 0 Å². The average Bonchev–Trinajstić information content (AvgIpc) is 2.35. The van der Waals surface area contributed by atoms with Crippen LogP contribution in [0.15, 0.2) is 18.2 Å². The summed E-state index contributed by atoms with van der Waals surface area (Å²) in [5.41, 5.74) is 6.22. The van der Waals surface area contributed by atoms with Crippen molar-refractivity contribution in [3.8, 4) is 0 Å². The van der Waals surface area contributed by atoms with E-state index in [4.69, 9.17) is 17.3 Å². The average molecular weight is 309 g/mol. The van der Waals surface area contributed by atoms with Gasteiger partial charge in [-0.25, -0.2) is 0 Å². The fourth-order valence-corrected chi connectivity index (χ4v) is 1.88. The van der Waals surface area contributed by atoms with Gasteiger partial charge in [0.15, 0.2) is 0 Å². The summed E-state index contributed by atoms with van der Waals surface area (Å²) < 4.78 is 0. The summed E-state index contributed by atoms with van der Waals surface area (Å²) in [4.78, 5) is 10.2. The van der Waals surface area contributed by atoms with Crippen LogP contribution in [0.25, 0.3) is 0 Å². The highest BCUT2D eigenvalue weighted by Gasteiger charge is 2.20. The van der Waals surface area contributed by atoms with Gasteiger partial charge in [-0.2, -0.15) is 0 Å². The Hall–Kier alpha value is -0.880. The fraction of sp³-hybridized carbons (Fsp3) is 0.500. The van der Waals surface area contributed by atoms with Crippen LogP contribution in [-0.4, -0.2) is 16.1 Å². The predicted molar refractivity (Wildman–Crippen MR) is 77.8 cm³/mol. The van der Waals surface area contributed by atoms with Crippen molar-refractivity contribution in [3.05, 3.63) is 38.9 Å². The van der Waals surface area contributed by atoms with Crippen LogP contribution in [0.5, 0.6) is 0 Å². The molecular weight excluding hydrogens is 291 g/mol. The summed E-state index contributed by atoms with van der Waals surface area (Å²) in [5.74, 6) is 0. The summed E-state index contributed by atoms with van der Waals surface area (Å²) in [5, 5.41) is 20.7. The maximum atomic E-state index is 10.8. The lowest BCUT2D eigenvalue weighted by molar-refractivity contribution is -0.384. The number of rotatable bonds is 6. The lowest BCUT2D eigenvalue weighted by Crippen LogP contribution is -2.26. The predicted octanol–water partition coefficient (Wildman–Crippen LogP) is 3.22. The second-order valence-corrected chi connectivity index (χ2v) is 4.61. The first-order valence-corrected chi connectivity index (χ1v) is 6.22. The van der Waals surface area contributed by atoms with E-state index in [0.717, 1.165) is 12.8 Å². The topological polar surface area (TPSA) is 89.4 Å². The summed E-state index contributed by atoms with van der Waals surface area (Å²) in [6, 6.07) is 3.73. The second kappa shape index (κ2) is 8.32. The molecule has 0 amide bonds. The van der Waals surface area contributed by atoms with E-state index in [0.29, 0.717) is 12.0 Å². The third-order valence-corrected chi connectivity index (χ3v) is 3.14. The van der Waals surface area contributed by atoms with Gasteiger partial charge in [-0.05, 0) is 18.1 Å². The van der Waals surface area contributed by atoms with E-state index >= 15 is 0 Å². The number of benzene rings is 1. The number of halogens is 2. The molecule has 5 nitrogen and oxygen atoms in total. The van der Waals surface area contributed by atoms with E-state index in [1.165, 1.54) is 12.1 Å². The molecule has 1 aromatic rings. The normalized spacial score (nSPS) is 13.5. The maximum Gasteiger partial charge on any atom is 0.288 e. The molecule has 0 radical (unpaired) electrons. The van der Waals surface area contributed by atoms with Crippen LogP contribution in [-0.2, 0) is 0 Å². The molecule has 2 atom stereocenters. The zero-order valence-corrected chi connectivity index (χ0v) is 12.2. The van der Waals surface area contributed by atoms with Crippen LogP contribution in [0.3, 0.4) is 0 Å². The summed E-state index contributed by atoms with van der Waals surface area (Å²) in [7, 11) is 0. The van der Waals surface area contributed by atoms with Gasteiger partial charge in [-0.1, -0.05) is 37.4 Å². The van der Waals surface area contributed by atoms with Crippen molar-refractivity contribution in [2.75, 3.05) is 0 Å². The highest BCUT2D eigenvalue weighted by molar-refractivity contribution is 6.32. The maximum absolute atomic E-state index is 10.8. The van der Waals surface area contributed by atoms with Crippen molar-refractivity contribution < 1.29 is 10.0 Å². The van der Waals surface area contributed by atoms with Crippen LogP contribution in [0.4, 0.5) is 5.69 Å². The van der Waals surface area contributed by atoms with Crippen LogP contribution in [0.2, 0.25) is 5.02 Å². The van der Waals surface area contributed by atoms with Crippen LogP contribution in [0.1, 0.15) is 37.8 Å². The standard InChI is InChI=1S/C12H17ClN2O3.ClH/c1-2-3-4-11(16)12(14)8-5-6-9(13)10(7-8)15(17)18;/h5-7,11-12,16H,2-4,14H2,1H3;1H/t11-,12+;/m0./s1. The number of aliphatic hydroxyl groups excluding tert-OH is 1. The molecule has 3 N–H and O–H groups in total. The number of hydrogen-bond acceptors (Lipinski definition) is 4. The van der Waals surface area contributed by atoms with Gasteiger partial charge in [-0.3, -0.25) is 10.1 Å². The second-order valence-electron chi connectivity index (χ2n) is 4.20. The molecule has 7 heteroatoms. The van der Waals surface area contributed by atoms with Gasteiger partial charge in [-0.15, -0.1) is 12.4 Å². The molecule has 0 saturated carbocycles. The molecule has 0 saturated heterocycles. The third-order valence-electron chi connectivity index (χ3n) is 2.82. The Labute approximate surface area is 123 Å². The Morgan fingerprint density at radius 3 is 2.68 bits per heavy atom. The van der Waals surface area contributed by atoms with E-state index in [-0.39, 0.29) is 23.1 Å². The van der Waals surface area contributed by atoms with E-state index in [1.54, 1.807) is 6.07 Å². The minimum atomic E-state index is -0.703.